The van der Waals surface area contributed by atoms with Gasteiger partial charge in [-0.25, -0.2) is 4.98 Å². The number of nitrogens with zero attached hydrogens (tertiary/aromatic N) is 5. The van der Waals surface area contributed by atoms with Crippen LogP contribution in [0.15, 0.2) is 36.5 Å². The van der Waals surface area contributed by atoms with Gasteiger partial charge in [0.05, 0.1) is 6.61 Å². The van der Waals surface area contributed by atoms with Gasteiger partial charge in [-0.15, -0.1) is 0 Å². The summed E-state index contributed by atoms with van der Waals surface area (Å²) in [6.07, 6.45) is 7.69. The Hall–Kier alpha value is -2.83. The second-order valence-electron chi connectivity index (χ2n) is 8.27. The maximum Gasteiger partial charge on any atom is 0.253 e. The Balaban J connectivity index is 1.29. The van der Waals surface area contributed by atoms with Crippen LogP contribution in [0.4, 0.5) is 11.8 Å². The average Bonchev–Trinajstić information content (AvgIpc) is 3.37. The summed E-state index contributed by atoms with van der Waals surface area (Å²) in [6.45, 7) is 7.92. The Morgan fingerprint density at radius 1 is 0.935 bits per heavy atom. The van der Waals surface area contributed by atoms with Crippen LogP contribution in [-0.2, 0) is 0 Å². The molecule has 166 valence electrons. The number of unbranched alkanes of at least 4 members (excludes halogenated alkanes) is 2. The van der Waals surface area contributed by atoms with Crippen molar-refractivity contribution in [2.45, 2.75) is 39.0 Å². The summed E-state index contributed by atoms with van der Waals surface area (Å²) in [5.41, 5.74) is 0.715. The van der Waals surface area contributed by atoms with E-state index in [9.17, 15) is 4.79 Å². The van der Waals surface area contributed by atoms with E-state index in [1.54, 1.807) is 0 Å². The molecular formula is C24H33N5O2. The molecule has 2 aliphatic rings. The Kier molecular flexibility index (Phi) is 7.22. The minimum Gasteiger partial charge on any atom is -0.494 e. The molecular weight excluding hydrogens is 390 g/mol. The van der Waals surface area contributed by atoms with Gasteiger partial charge in [0.1, 0.15) is 11.6 Å². The number of amides is 1. The molecule has 0 aliphatic carbocycles. The van der Waals surface area contributed by atoms with E-state index in [1.165, 1.54) is 25.7 Å². The molecule has 2 saturated heterocycles. The van der Waals surface area contributed by atoms with Crippen LogP contribution < -0.4 is 14.5 Å². The van der Waals surface area contributed by atoms with Crippen LogP contribution in [0.3, 0.4) is 0 Å². The van der Waals surface area contributed by atoms with Gasteiger partial charge < -0.3 is 19.4 Å². The third kappa shape index (κ3) is 5.46. The summed E-state index contributed by atoms with van der Waals surface area (Å²) in [5.74, 6) is 2.69. The summed E-state index contributed by atoms with van der Waals surface area (Å²) in [4.78, 5) is 28.6. The zero-order valence-corrected chi connectivity index (χ0v) is 18.5. The van der Waals surface area contributed by atoms with Gasteiger partial charge in [0.25, 0.3) is 5.91 Å². The minimum absolute atomic E-state index is 0.0811. The molecule has 7 heteroatoms. The van der Waals surface area contributed by atoms with Gasteiger partial charge in [-0.3, -0.25) is 4.79 Å². The lowest BCUT2D eigenvalue weighted by molar-refractivity contribution is 0.0746. The number of ether oxygens (including phenoxy) is 1. The molecule has 31 heavy (non-hydrogen) atoms. The van der Waals surface area contributed by atoms with Crippen LogP contribution in [0.2, 0.25) is 0 Å². The fourth-order valence-corrected chi connectivity index (χ4v) is 4.14. The number of aromatic nitrogens is 2. The largest absolute Gasteiger partial charge is 0.494 e. The fourth-order valence-electron chi connectivity index (χ4n) is 4.14. The van der Waals surface area contributed by atoms with E-state index in [0.29, 0.717) is 18.7 Å². The molecule has 2 fully saturated rings. The van der Waals surface area contributed by atoms with E-state index < -0.39 is 0 Å². The van der Waals surface area contributed by atoms with Gasteiger partial charge in [0.2, 0.25) is 5.95 Å². The van der Waals surface area contributed by atoms with Crippen LogP contribution in [-0.4, -0.2) is 66.7 Å². The van der Waals surface area contributed by atoms with E-state index in [-0.39, 0.29) is 5.91 Å². The molecule has 0 unspecified atom stereocenters. The lowest BCUT2D eigenvalue weighted by Crippen LogP contribution is -2.49. The van der Waals surface area contributed by atoms with E-state index in [2.05, 4.69) is 21.7 Å². The number of carbonyl (C=O) groups excluding carboxylic acids is 1. The lowest BCUT2D eigenvalue weighted by Gasteiger charge is -2.35. The van der Waals surface area contributed by atoms with E-state index in [4.69, 9.17) is 9.72 Å². The molecule has 0 N–H and O–H groups in total. The first-order chi connectivity index (χ1) is 15.2. The SMILES string of the molecule is CCCCCOc1ccc(C(=O)N2CCN(c3ccnc(N4CCCC4)n3)CC2)cc1. The molecule has 0 spiro atoms. The van der Waals surface area contributed by atoms with E-state index in [1.807, 2.05) is 41.4 Å². The molecule has 0 saturated carbocycles. The van der Waals surface area contributed by atoms with E-state index in [0.717, 1.165) is 56.7 Å². The number of hydrogen-bond donors (Lipinski definition) is 0. The summed E-state index contributed by atoms with van der Waals surface area (Å²) in [5, 5.41) is 0. The Morgan fingerprint density at radius 3 is 2.39 bits per heavy atom. The van der Waals surface area contributed by atoms with Gasteiger partial charge in [0, 0.05) is 51.0 Å². The van der Waals surface area contributed by atoms with Crippen LogP contribution in [0.1, 0.15) is 49.4 Å². The molecule has 2 aromatic rings. The fraction of sp³-hybridized carbons (Fsp3) is 0.542. The normalized spacial score (nSPS) is 16.6. The smallest absolute Gasteiger partial charge is 0.253 e. The predicted molar refractivity (Wildman–Crippen MR) is 123 cm³/mol. The minimum atomic E-state index is 0.0811. The highest BCUT2D eigenvalue weighted by Crippen LogP contribution is 2.21. The number of benzene rings is 1. The molecule has 1 amide bonds. The van der Waals surface area contributed by atoms with Gasteiger partial charge in [0.15, 0.2) is 0 Å². The number of piperazine rings is 1. The second kappa shape index (κ2) is 10.5. The Morgan fingerprint density at radius 2 is 1.68 bits per heavy atom. The molecule has 2 aliphatic heterocycles. The number of hydrogen-bond acceptors (Lipinski definition) is 6. The molecule has 7 nitrogen and oxygen atoms in total. The molecule has 1 aromatic carbocycles. The van der Waals surface area contributed by atoms with Crippen molar-refractivity contribution < 1.29 is 9.53 Å². The van der Waals surface area contributed by atoms with Gasteiger partial charge in [-0.2, -0.15) is 4.98 Å². The van der Waals surface area contributed by atoms with Crippen molar-refractivity contribution in [3.05, 3.63) is 42.1 Å². The standard InChI is InChI=1S/C24H33N5O2/c1-2-3-6-19-31-21-9-7-20(8-10-21)23(30)28-17-15-27(16-18-28)22-11-12-25-24(26-22)29-13-4-5-14-29/h7-12H,2-6,13-19H2,1H3. The monoisotopic (exact) mass is 423 g/mol. The number of rotatable bonds is 8. The maximum absolute atomic E-state index is 12.9. The third-order valence-electron chi connectivity index (χ3n) is 6.03. The van der Waals surface area contributed by atoms with Crippen LogP contribution in [0.5, 0.6) is 5.75 Å². The summed E-state index contributed by atoms with van der Waals surface area (Å²) in [7, 11) is 0. The highest BCUT2D eigenvalue weighted by Gasteiger charge is 2.24. The summed E-state index contributed by atoms with van der Waals surface area (Å²) < 4.78 is 5.75. The third-order valence-corrected chi connectivity index (χ3v) is 6.03. The van der Waals surface area contributed by atoms with Crippen LogP contribution in [0.25, 0.3) is 0 Å². The molecule has 4 rings (SSSR count). The van der Waals surface area contributed by atoms with Gasteiger partial charge >= 0.3 is 0 Å². The maximum atomic E-state index is 12.9. The van der Waals surface area contributed by atoms with Crippen LogP contribution >= 0.6 is 0 Å². The van der Waals surface area contributed by atoms with Crippen molar-refractivity contribution in [3.63, 3.8) is 0 Å². The summed E-state index contributed by atoms with van der Waals surface area (Å²) in [6, 6.07) is 9.51. The lowest BCUT2D eigenvalue weighted by atomic mass is 10.1. The topological polar surface area (TPSA) is 61.8 Å². The van der Waals surface area contributed by atoms with Gasteiger partial charge in [-0.05, 0) is 49.6 Å². The zero-order valence-electron chi connectivity index (χ0n) is 18.5. The molecule has 3 heterocycles. The van der Waals surface area contributed by atoms with Crippen molar-refractivity contribution in [3.8, 4) is 5.75 Å². The highest BCUT2D eigenvalue weighted by molar-refractivity contribution is 5.94. The Bertz CT molecular complexity index is 843. The molecule has 0 atom stereocenters. The molecule has 0 radical (unpaired) electrons. The Labute approximate surface area is 185 Å². The number of anilines is 2. The van der Waals surface area contributed by atoms with E-state index >= 15 is 0 Å². The highest BCUT2D eigenvalue weighted by atomic mass is 16.5. The van der Waals surface area contributed by atoms with Crippen molar-refractivity contribution in [2.24, 2.45) is 0 Å². The predicted octanol–water partition coefficient (Wildman–Crippen LogP) is 3.61. The molecule has 1 aromatic heterocycles. The number of carbonyl (C=O) groups is 1. The average molecular weight is 424 g/mol. The first-order valence-corrected chi connectivity index (χ1v) is 11.6. The van der Waals surface area contributed by atoms with Crippen molar-refractivity contribution in [1.29, 1.82) is 0 Å². The van der Waals surface area contributed by atoms with Gasteiger partial charge in [-0.1, -0.05) is 19.8 Å². The summed E-state index contributed by atoms with van der Waals surface area (Å²) >= 11 is 0. The zero-order chi connectivity index (χ0) is 21.5. The quantitative estimate of drug-likeness (QED) is 0.605. The van der Waals surface area contributed by atoms with Crippen molar-refractivity contribution in [2.75, 3.05) is 55.7 Å². The first-order valence-electron chi connectivity index (χ1n) is 11.6. The van der Waals surface area contributed by atoms with Crippen molar-refractivity contribution in [1.82, 2.24) is 14.9 Å². The first kappa shape index (κ1) is 21.4. The molecule has 0 bridgehead atoms. The van der Waals surface area contributed by atoms with Crippen LogP contribution in [0, 0.1) is 0 Å². The van der Waals surface area contributed by atoms with Crippen molar-refractivity contribution >= 4 is 17.7 Å². The second-order valence-corrected chi connectivity index (χ2v) is 8.27.